The van der Waals surface area contributed by atoms with E-state index in [-0.39, 0.29) is 11.7 Å². The average molecular weight is 396 g/mol. The summed E-state index contributed by atoms with van der Waals surface area (Å²) in [4.78, 5) is 21.6. The van der Waals surface area contributed by atoms with Crippen LogP contribution in [0.1, 0.15) is 25.3 Å². The summed E-state index contributed by atoms with van der Waals surface area (Å²) in [6.45, 7) is 4.26. The fourth-order valence-corrected chi connectivity index (χ4v) is 4.52. The van der Waals surface area contributed by atoms with E-state index in [2.05, 4.69) is 9.89 Å². The Morgan fingerprint density at radius 3 is 2.57 bits per heavy atom. The molecular weight excluding hydrogens is 373 g/mol. The van der Waals surface area contributed by atoms with E-state index in [1.165, 1.54) is 17.8 Å². The molecule has 2 aliphatic rings. The minimum absolute atomic E-state index is 0.0915. The normalized spacial score (nSPS) is 20.0. The molecule has 2 fully saturated rings. The fourth-order valence-electron chi connectivity index (χ4n) is 3.46. The van der Waals surface area contributed by atoms with Gasteiger partial charge in [-0.25, -0.2) is 9.38 Å². The van der Waals surface area contributed by atoms with Crippen molar-refractivity contribution in [3.8, 4) is 0 Å². The smallest absolute Gasteiger partial charge is 0.266 e. The van der Waals surface area contributed by atoms with Crippen LogP contribution < -0.4 is 4.90 Å². The summed E-state index contributed by atoms with van der Waals surface area (Å²) in [6.07, 6.45) is 3.96. The van der Waals surface area contributed by atoms with Crippen molar-refractivity contribution in [1.82, 2.24) is 4.90 Å². The van der Waals surface area contributed by atoms with Crippen molar-refractivity contribution in [3.05, 3.63) is 64.8 Å². The molecule has 0 saturated carbocycles. The van der Waals surface area contributed by atoms with Crippen LogP contribution >= 0.6 is 11.8 Å². The number of rotatable bonds is 4. The third kappa shape index (κ3) is 3.83. The molecule has 4 nitrogen and oxygen atoms in total. The Morgan fingerprint density at radius 1 is 1.14 bits per heavy atom. The van der Waals surface area contributed by atoms with Crippen LogP contribution in [0.4, 0.5) is 15.8 Å². The highest BCUT2D eigenvalue weighted by molar-refractivity contribution is 8.18. The van der Waals surface area contributed by atoms with E-state index in [0.29, 0.717) is 27.9 Å². The lowest BCUT2D eigenvalue weighted by molar-refractivity contribution is -0.122. The lowest BCUT2D eigenvalue weighted by Crippen LogP contribution is -2.28. The number of thioether (sulfide) groups is 1. The molecule has 1 amide bonds. The standard InChI is InChI=1S/C22H22FN3OS/c1-2-26-21(27)20(28-22(26)24-17-8-4-3-5-9-17)15-16-10-11-19(18(23)14-16)25-12-6-7-13-25/h3-5,8-11,14-15H,2,6-7,12-13H2,1H3/b20-15-,24-22?. The molecule has 28 heavy (non-hydrogen) atoms. The molecule has 0 atom stereocenters. The van der Waals surface area contributed by atoms with E-state index < -0.39 is 0 Å². The zero-order valence-electron chi connectivity index (χ0n) is 15.8. The minimum atomic E-state index is -0.239. The highest BCUT2D eigenvalue weighted by Gasteiger charge is 2.32. The predicted molar refractivity (Wildman–Crippen MR) is 114 cm³/mol. The summed E-state index contributed by atoms with van der Waals surface area (Å²) in [5.41, 5.74) is 2.14. The molecule has 0 aliphatic carbocycles. The number of carbonyl (C=O) groups excluding carboxylic acids is 1. The summed E-state index contributed by atoms with van der Waals surface area (Å²) in [5, 5.41) is 0.652. The first-order valence-electron chi connectivity index (χ1n) is 9.55. The van der Waals surface area contributed by atoms with Gasteiger partial charge >= 0.3 is 0 Å². The summed E-state index contributed by atoms with van der Waals surface area (Å²) in [7, 11) is 0. The Balaban J connectivity index is 1.60. The fraction of sp³-hybridized carbons (Fsp3) is 0.273. The number of amidine groups is 1. The number of carbonyl (C=O) groups is 1. The third-order valence-corrected chi connectivity index (χ3v) is 5.91. The number of anilines is 1. The van der Waals surface area contributed by atoms with Crippen molar-refractivity contribution in [1.29, 1.82) is 0 Å². The molecule has 2 saturated heterocycles. The zero-order chi connectivity index (χ0) is 19.5. The van der Waals surface area contributed by atoms with Crippen LogP contribution in [0.3, 0.4) is 0 Å². The molecule has 2 aromatic rings. The van der Waals surface area contributed by atoms with Crippen molar-refractivity contribution >= 4 is 40.3 Å². The molecule has 0 bridgehead atoms. The zero-order valence-corrected chi connectivity index (χ0v) is 16.6. The molecule has 6 heteroatoms. The average Bonchev–Trinajstić information content (AvgIpc) is 3.32. The summed E-state index contributed by atoms with van der Waals surface area (Å²) in [5.74, 6) is -0.330. The Bertz CT molecular complexity index is 936. The van der Waals surface area contributed by atoms with Gasteiger partial charge in [0.1, 0.15) is 5.82 Å². The van der Waals surface area contributed by atoms with Crippen LogP contribution in [0.2, 0.25) is 0 Å². The molecule has 2 heterocycles. The first-order chi connectivity index (χ1) is 13.7. The van der Waals surface area contributed by atoms with Crippen LogP contribution in [0, 0.1) is 5.82 Å². The van der Waals surface area contributed by atoms with Gasteiger partial charge in [-0.05, 0) is 67.4 Å². The number of likely N-dealkylation sites (N-methyl/N-ethyl adjacent to an activating group) is 1. The maximum absolute atomic E-state index is 14.6. The Labute approximate surface area is 168 Å². The van der Waals surface area contributed by atoms with Crippen LogP contribution in [0.25, 0.3) is 6.08 Å². The highest BCUT2D eigenvalue weighted by atomic mass is 32.2. The van der Waals surface area contributed by atoms with E-state index in [0.717, 1.165) is 31.6 Å². The van der Waals surface area contributed by atoms with Gasteiger partial charge in [-0.3, -0.25) is 9.69 Å². The van der Waals surface area contributed by atoms with Crippen LogP contribution in [-0.4, -0.2) is 35.6 Å². The largest absolute Gasteiger partial charge is 0.369 e. The summed E-state index contributed by atoms with van der Waals surface area (Å²) < 4.78 is 14.6. The second-order valence-electron chi connectivity index (χ2n) is 6.79. The number of amides is 1. The van der Waals surface area contributed by atoms with Crippen molar-refractivity contribution in [2.24, 2.45) is 4.99 Å². The maximum Gasteiger partial charge on any atom is 0.266 e. The molecule has 0 N–H and O–H groups in total. The SMILES string of the molecule is CCN1C(=O)/C(=C/c2ccc(N3CCCC3)c(F)c2)SC1=Nc1ccccc1. The molecular formula is C22H22FN3OS. The number of nitrogens with zero attached hydrogens (tertiary/aromatic N) is 3. The quantitative estimate of drug-likeness (QED) is 0.680. The Morgan fingerprint density at radius 2 is 1.89 bits per heavy atom. The lowest BCUT2D eigenvalue weighted by atomic mass is 10.1. The van der Waals surface area contributed by atoms with Gasteiger partial charge in [-0.1, -0.05) is 24.3 Å². The van der Waals surface area contributed by atoms with Gasteiger partial charge in [0, 0.05) is 19.6 Å². The van der Waals surface area contributed by atoms with Crippen molar-refractivity contribution < 1.29 is 9.18 Å². The van der Waals surface area contributed by atoms with E-state index in [4.69, 9.17) is 0 Å². The molecule has 0 spiro atoms. The molecule has 4 rings (SSSR count). The molecule has 0 unspecified atom stereocenters. The molecule has 2 aromatic carbocycles. The molecule has 0 aromatic heterocycles. The Hall–Kier alpha value is -2.60. The molecule has 0 radical (unpaired) electrons. The van der Waals surface area contributed by atoms with Gasteiger partial charge < -0.3 is 4.90 Å². The van der Waals surface area contributed by atoms with E-state index >= 15 is 0 Å². The van der Waals surface area contributed by atoms with Gasteiger partial charge in [0.05, 0.1) is 16.3 Å². The monoisotopic (exact) mass is 395 g/mol. The lowest BCUT2D eigenvalue weighted by Gasteiger charge is -2.18. The number of hydrogen-bond donors (Lipinski definition) is 0. The third-order valence-electron chi connectivity index (χ3n) is 4.90. The topological polar surface area (TPSA) is 35.9 Å². The number of benzene rings is 2. The van der Waals surface area contributed by atoms with Gasteiger partial charge in [-0.2, -0.15) is 0 Å². The predicted octanol–water partition coefficient (Wildman–Crippen LogP) is 5.05. The first kappa shape index (κ1) is 18.7. The minimum Gasteiger partial charge on any atom is -0.369 e. The summed E-state index contributed by atoms with van der Waals surface area (Å²) >= 11 is 1.33. The van der Waals surface area contributed by atoms with Gasteiger partial charge in [0.15, 0.2) is 5.17 Å². The van der Waals surface area contributed by atoms with E-state index in [1.807, 2.05) is 49.4 Å². The van der Waals surface area contributed by atoms with Crippen molar-refractivity contribution in [2.75, 3.05) is 24.5 Å². The molecule has 144 valence electrons. The number of aliphatic imine (C=N–C) groups is 1. The number of hydrogen-bond acceptors (Lipinski definition) is 4. The van der Waals surface area contributed by atoms with E-state index in [9.17, 15) is 9.18 Å². The van der Waals surface area contributed by atoms with Crippen molar-refractivity contribution in [2.45, 2.75) is 19.8 Å². The van der Waals surface area contributed by atoms with Crippen LogP contribution in [0.15, 0.2) is 58.4 Å². The Kier molecular flexibility index (Phi) is 5.48. The number of para-hydroxylation sites is 1. The number of halogens is 1. The maximum atomic E-state index is 14.6. The van der Waals surface area contributed by atoms with E-state index in [1.54, 1.807) is 11.0 Å². The first-order valence-corrected chi connectivity index (χ1v) is 10.4. The highest BCUT2D eigenvalue weighted by Crippen LogP contribution is 2.34. The van der Waals surface area contributed by atoms with Crippen molar-refractivity contribution in [3.63, 3.8) is 0 Å². The second kappa shape index (κ2) is 8.19. The van der Waals surface area contributed by atoms with Gasteiger partial charge in [0.2, 0.25) is 0 Å². The second-order valence-corrected chi connectivity index (χ2v) is 7.80. The van der Waals surface area contributed by atoms with Crippen LogP contribution in [-0.2, 0) is 4.79 Å². The molecule has 2 aliphatic heterocycles. The summed E-state index contributed by atoms with van der Waals surface area (Å²) in [6, 6.07) is 14.8. The van der Waals surface area contributed by atoms with Gasteiger partial charge in [0.25, 0.3) is 5.91 Å². The van der Waals surface area contributed by atoms with Crippen LogP contribution in [0.5, 0.6) is 0 Å². The van der Waals surface area contributed by atoms with Gasteiger partial charge in [-0.15, -0.1) is 0 Å².